The molecule has 1 aromatic rings. The van der Waals surface area contributed by atoms with Gasteiger partial charge >= 0.3 is 0 Å². The largest absolute Gasteiger partial charge is 0.337 e. The van der Waals surface area contributed by atoms with Crippen molar-refractivity contribution in [1.82, 2.24) is 4.90 Å². The van der Waals surface area contributed by atoms with E-state index in [1.807, 2.05) is 6.07 Å². The van der Waals surface area contributed by atoms with Crippen LogP contribution in [0.5, 0.6) is 0 Å². The average Bonchev–Trinajstić information content (AvgIpc) is 2.87. The third-order valence-electron chi connectivity index (χ3n) is 3.90. The molecule has 1 aromatic carbocycles. The second-order valence-electron chi connectivity index (χ2n) is 5.76. The lowest BCUT2D eigenvalue weighted by molar-refractivity contribution is -0.134. The predicted molar refractivity (Wildman–Crippen MR) is 84.4 cm³/mol. The molecule has 1 amide bonds. The number of halogens is 2. The molecule has 110 valence electrons. The number of rotatable bonds is 4. The number of hydrogen-bond donors (Lipinski definition) is 0. The first kappa shape index (κ1) is 15.7. The highest BCUT2D eigenvalue weighted by Crippen LogP contribution is 2.27. The van der Waals surface area contributed by atoms with E-state index in [4.69, 9.17) is 23.2 Å². The summed E-state index contributed by atoms with van der Waals surface area (Å²) in [6.07, 6.45) is 5.12. The molecule has 0 saturated heterocycles. The predicted octanol–water partition coefficient (Wildman–Crippen LogP) is 4.72. The number of carbonyl (C=O) groups is 1. The van der Waals surface area contributed by atoms with Crippen LogP contribution in [-0.2, 0) is 11.2 Å². The molecular weight excluding hydrogens is 293 g/mol. The molecule has 0 unspecified atom stereocenters. The fourth-order valence-electron chi connectivity index (χ4n) is 3.01. The Morgan fingerprint density at radius 1 is 1.25 bits per heavy atom. The highest BCUT2D eigenvalue weighted by Gasteiger charge is 2.28. The number of nitrogens with zero attached hydrogens (tertiary/aromatic N) is 1. The first-order valence-electron chi connectivity index (χ1n) is 7.24. The molecule has 0 spiro atoms. The molecular formula is C16H21Cl2NO. The molecule has 0 N–H and O–H groups in total. The molecule has 0 aliphatic heterocycles. The lowest BCUT2D eigenvalue weighted by Crippen LogP contribution is -2.44. The van der Waals surface area contributed by atoms with Crippen LogP contribution in [0.1, 0.15) is 45.1 Å². The van der Waals surface area contributed by atoms with E-state index >= 15 is 0 Å². The highest BCUT2D eigenvalue weighted by molar-refractivity contribution is 6.42. The Morgan fingerprint density at radius 3 is 2.45 bits per heavy atom. The Labute approximate surface area is 131 Å². The van der Waals surface area contributed by atoms with Gasteiger partial charge in [-0.25, -0.2) is 0 Å². The van der Waals surface area contributed by atoms with Crippen molar-refractivity contribution >= 4 is 29.1 Å². The lowest BCUT2D eigenvalue weighted by atomic mass is 10.1. The third kappa shape index (κ3) is 3.67. The van der Waals surface area contributed by atoms with Gasteiger partial charge in [-0.2, -0.15) is 0 Å². The number of carbonyl (C=O) groups excluding carboxylic acids is 1. The molecule has 20 heavy (non-hydrogen) atoms. The zero-order chi connectivity index (χ0) is 14.7. The van der Waals surface area contributed by atoms with Gasteiger partial charge in [-0.3, -0.25) is 4.79 Å². The SMILES string of the molecule is CC(C)N(C(=O)Cc1ccc(Cl)c(Cl)c1)C1CCCC1. The summed E-state index contributed by atoms with van der Waals surface area (Å²) in [5, 5.41) is 1.04. The monoisotopic (exact) mass is 313 g/mol. The van der Waals surface area contributed by atoms with Gasteiger partial charge in [0.2, 0.25) is 5.91 Å². The van der Waals surface area contributed by atoms with Crippen LogP contribution in [0.2, 0.25) is 10.0 Å². The Kier molecular flexibility index (Phi) is 5.34. The number of hydrogen-bond acceptors (Lipinski definition) is 1. The maximum atomic E-state index is 12.6. The van der Waals surface area contributed by atoms with Gasteiger partial charge in [0, 0.05) is 12.1 Å². The zero-order valence-electron chi connectivity index (χ0n) is 12.0. The molecule has 0 atom stereocenters. The van der Waals surface area contributed by atoms with Crippen molar-refractivity contribution in [3.05, 3.63) is 33.8 Å². The molecule has 1 saturated carbocycles. The first-order chi connectivity index (χ1) is 9.49. The van der Waals surface area contributed by atoms with Crippen LogP contribution >= 0.6 is 23.2 Å². The molecule has 2 nitrogen and oxygen atoms in total. The molecule has 0 aromatic heterocycles. The van der Waals surface area contributed by atoms with Gasteiger partial charge in [-0.15, -0.1) is 0 Å². The maximum absolute atomic E-state index is 12.6. The van der Waals surface area contributed by atoms with E-state index in [9.17, 15) is 4.79 Å². The fraction of sp³-hybridized carbons (Fsp3) is 0.562. The summed E-state index contributed by atoms with van der Waals surface area (Å²) < 4.78 is 0. The van der Waals surface area contributed by atoms with Gasteiger partial charge in [-0.1, -0.05) is 42.1 Å². The summed E-state index contributed by atoms with van der Waals surface area (Å²) in [4.78, 5) is 14.6. The second-order valence-corrected chi connectivity index (χ2v) is 6.57. The van der Waals surface area contributed by atoms with Crippen molar-refractivity contribution in [2.24, 2.45) is 0 Å². The van der Waals surface area contributed by atoms with E-state index in [1.165, 1.54) is 12.8 Å². The van der Waals surface area contributed by atoms with Crippen LogP contribution in [0.25, 0.3) is 0 Å². The summed E-state index contributed by atoms with van der Waals surface area (Å²) in [6.45, 7) is 4.18. The van der Waals surface area contributed by atoms with Crippen LogP contribution in [0.3, 0.4) is 0 Å². The van der Waals surface area contributed by atoms with Crippen molar-refractivity contribution in [3.8, 4) is 0 Å². The van der Waals surface area contributed by atoms with E-state index in [0.29, 0.717) is 22.5 Å². The standard InChI is InChI=1S/C16H21Cl2NO/c1-11(2)19(13-5-3-4-6-13)16(20)10-12-7-8-14(17)15(18)9-12/h7-9,11,13H,3-6,10H2,1-2H3. The molecule has 0 bridgehead atoms. The normalized spacial score (nSPS) is 15.8. The Morgan fingerprint density at radius 2 is 1.90 bits per heavy atom. The molecule has 1 fully saturated rings. The van der Waals surface area contributed by atoms with Crippen LogP contribution in [0.4, 0.5) is 0 Å². The van der Waals surface area contributed by atoms with Gasteiger partial charge in [0.1, 0.15) is 0 Å². The van der Waals surface area contributed by atoms with Crippen molar-refractivity contribution in [2.75, 3.05) is 0 Å². The minimum absolute atomic E-state index is 0.185. The van der Waals surface area contributed by atoms with Crippen molar-refractivity contribution in [2.45, 2.75) is 58.0 Å². The minimum atomic E-state index is 0.185. The Hall–Kier alpha value is -0.730. The summed E-state index contributed by atoms with van der Waals surface area (Å²) in [5.74, 6) is 0.185. The molecule has 1 aliphatic rings. The smallest absolute Gasteiger partial charge is 0.227 e. The van der Waals surface area contributed by atoms with Crippen LogP contribution in [0, 0.1) is 0 Å². The Bertz CT molecular complexity index is 481. The van der Waals surface area contributed by atoms with Crippen molar-refractivity contribution in [3.63, 3.8) is 0 Å². The topological polar surface area (TPSA) is 20.3 Å². The fourth-order valence-corrected chi connectivity index (χ4v) is 3.33. The summed E-state index contributed by atoms with van der Waals surface area (Å²) >= 11 is 11.9. The van der Waals surface area contributed by atoms with E-state index < -0.39 is 0 Å². The molecule has 2 rings (SSSR count). The first-order valence-corrected chi connectivity index (χ1v) is 7.99. The highest BCUT2D eigenvalue weighted by atomic mass is 35.5. The van der Waals surface area contributed by atoms with Gasteiger partial charge in [0.15, 0.2) is 0 Å². The summed E-state index contributed by atoms with van der Waals surface area (Å²) in [6, 6.07) is 6.06. The summed E-state index contributed by atoms with van der Waals surface area (Å²) in [5.41, 5.74) is 0.924. The maximum Gasteiger partial charge on any atom is 0.227 e. The molecule has 4 heteroatoms. The van der Waals surface area contributed by atoms with Gasteiger partial charge in [0.25, 0.3) is 0 Å². The van der Waals surface area contributed by atoms with Crippen molar-refractivity contribution < 1.29 is 4.79 Å². The van der Waals surface area contributed by atoms with E-state index in [-0.39, 0.29) is 11.9 Å². The van der Waals surface area contributed by atoms with Gasteiger partial charge < -0.3 is 4.90 Å². The lowest BCUT2D eigenvalue weighted by Gasteiger charge is -2.33. The zero-order valence-corrected chi connectivity index (χ0v) is 13.5. The van der Waals surface area contributed by atoms with E-state index in [0.717, 1.165) is 18.4 Å². The quantitative estimate of drug-likeness (QED) is 0.788. The Balaban J connectivity index is 2.09. The number of amides is 1. The van der Waals surface area contributed by atoms with Crippen LogP contribution < -0.4 is 0 Å². The van der Waals surface area contributed by atoms with Gasteiger partial charge in [0.05, 0.1) is 16.5 Å². The number of benzene rings is 1. The second kappa shape index (κ2) is 6.82. The minimum Gasteiger partial charge on any atom is -0.337 e. The van der Waals surface area contributed by atoms with E-state index in [1.54, 1.807) is 12.1 Å². The molecule has 0 radical (unpaired) electrons. The summed E-state index contributed by atoms with van der Waals surface area (Å²) in [7, 11) is 0. The van der Waals surface area contributed by atoms with Crippen molar-refractivity contribution in [1.29, 1.82) is 0 Å². The average molecular weight is 314 g/mol. The molecule has 1 aliphatic carbocycles. The van der Waals surface area contributed by atoms with Gasteiger partial charge in [-0.05, 0) is 44.4 Å². The van der Waals surface area contributed by atoms with Crippen LogP contribution in [-0.4, -0.2) is 22.9 Å². The van der Waals surface area contributed by atoms with Crippen LogP contribution in [0.15, 0.2) is 18.2 Å². The van der Waals surface area contributed by atoms with E-state index in [2.05, 4.69) is 18.7 Å². The third-order valence-corrected chi connectivity index (χ3v) is 4.64. The molecule has 0 heterocycles.